The van der Waals surface area contributed by atoms with Crippen LogP contribution in [0.2, 0.25) is 0 Å². The maximum Gasteiger partial charge on any atom is 0.332 e. The van der Waals surface area contributed by atoms with Crippen molar-refractivity contribution in [3.63, 3.8) is 0 Å². The van der Waals surface area contributed by atoms with Crippen LogP contribution in [0.1, 0.15) is 33.1 Å². The Bertz CT molecular complexity index is 1090. The van der Waals surface area contributed by atoms with Crippen LogP contribution in [0.3, 0.4) is 0 Å². The fourth-order valence-electron chi connectivity index (χ4n) is 3.83. The lowest BCUT2D eigenvalue weighted by Crippen LogP contribution is -2.47. The molecule has 1 atom stereocenters. The molecule has 2 N–H and O–H groups in total. The van der Waals surface area contributed by atoms with Gasteiger partial charge in [-0.1, -0.05) is 11.6 Å². The maximum atomic E-state index is 12.9. The van der Waals surface area contributed by atoms with Crippen molar-refractivity contribution in [3.8, 4) is 0 Å². The van der Waals surface area contributed by atoms with Gasteiger partial charge in [0.2, 0.25) is 5.95 Å². The van der Waals surface area contributed by atoms with Crippen LogP contribution in [-0.2, 0) is 25.4 Å². The van der Waals surface area contributed by atoms with Crippen molar-refractivity contribution >= 4 is 23.1 Å². The monoisotopic (exact) mass is 418 g/mol. The number of hydrogen-bond donors (Lipinski definition) is 2. The summed E-state index contributed by atoms with van der Waals surface area (Å²) in [6.07, 6.45) is 3.98. The maximum absolute atomic E-state index is 12.9. The second kappa shape index (κ2) is 8.86. The number of aliphatic carboxylic acids is 1. The van der Waals surface area contributed by atoms with E-state index in [1.165, 1.54) is 11.6 Å². The molecule has 3 heterocycles. The quantitative estimate of drug-likeness (QED) is 0.627. The normalized spacial score (nSPS) is 16.8. The molecular weight excluding hydrogens is 388 g/mol. The minimum atomic E-state index is -0.824. The number of carboxylic acid groups (broad SMARTS) is 1. The van der Waals surface area contributed by atoms with Gasteiger partial charge in [0, 0.05) is 46.3 Å². The lowest BCUT2D eigenvalue weighted by atomic mass is 10.1. The Morgan fingerprint density at radius 1 is 1.27 bits per heavy atom. The largest absolute Gasteiger partial charge is 0.481 e. The van der Waals surface area contributed by atoms with E-state index >= 15 is 0 Å². The van der Waals surface area contributed by atoms with Crippen LogP contribution in [0.25, 0.3) is 11.2 Å². The van der Waals surface area contributed by atoms with Gasteiger partial charge >= 0.3 is 11.7 Å². The first-order valence-corrected chi connectivity index (χ1v) is 10.2. The number of nitrogens with one attached hydrogen (secondary N) is 1. The molecule has 0 amide bonds. The fraction of sp³-hybridized carbons (Fsp3) is 0.600. The van der Waals surface area contributed by atoms with E-state index in [2.05, 4.69) is 10.2 Å². The second-order valence-electron chi connectivity index (χ2n) is 8.06. The van der Waals surface area contributed by atoms with Gasteiger partial charge in [-0.3, -0.25) is 18.7 Å². The van der Waals surface area contributed by atoms with Crippen LogP contribution in [0.15, 0.2) is 21.2 Å². The number of allylic oxidation sites excluding steroid dienone is 2. The zero-order valence-electron chi connectivity index (χ0n) is 18.0. The van der Waals surface area contributed by atoms with E-state index in [-0.39, 0.29) is 18.0 Å². The molecule has 10 heteroatoms. The molecule has 1 saturated heterocycles. The highest BCUT2D eigenvalue weighted by Crippen LogP contribution is 2.23. The molecule has 0 saturated carbocycles. The van der Waals surface area contributed by atoms with Crippen LogP contribution < -0.4 is 21.5 Å². The Morgan fingerprint density at radius 2 is 2.00 bits per heavy atom. The summed E-state index contributed by atoms with van der Waals surface area (Å²) in [4.78, 5) is 42.9. The third kappa shape index (κ3) is 4.33. The van der Waals surface area contributed by atoms with Crippen molar-refractivity contribution in [2.24, 2.45) is 14.1 Å². The molecule has 30 heavy (non-hydrogen) atoms. The Morgan fingerprint density at radius 3 is 2.67 bits per heavy atom. The number of aromatic nitrogens is 4. The van der Waals surface area contributed by atoms with Crippen LogP contribution in [0, 0.1) is 0 Å². The molecular formula is C20H30N6O4. The van der Waals surface area contributed by atoms with E-state index in [9.17, 15) is 14.4 Å². The van der Waals surface area contributed by atoms with Gasteiger partial charge in [0.05, 0.1) is 6.42 Å². The number of fused-ring (bicyclic) bond motifs is 1. The van der Waals surface area contributed by atoms with Crippen LogP contribution in [0.4, 0.5) is 5.95 Å². The predicted octanol–water partition coefficient (Wildman–Crippen LogP) is 0.433. The van der Waals surface area contributed by atoms with Crippen LogP contribution in [0.5, 0.6) is 0 Å². The summed E-state index contributed by atoms with van der Waals surface area (Å²) < 4.78 is 4.40. The average molecular weight is 418 g/mol. The number of nitrogens with zero attached hydrogens (tertiary/aromatic N) is 5. The highest BCUT2D eigenvalue weighted by atomic mass is 16.4. The smallest absolute Gasteiger partial charge is 0.332 e. The van der Waals surface area contributed by atoms with E-state index < -0.39 is 11.7 Å². The SMILES string of the molecule is CC(C)=CCn1c(N2CCCC(NCCC(=O)O)C2)nc2c1c(=O)n(C)c(=O)n2C. The Labute approximate surface area is 174 Å². The summed E-state index contributed by atoms with van der Waals surface area (Å²) >= 11 is 0. The van der Waals surface area contributed by atoms with Crippen molar-refractivity contribution in [1.82, 2.24) is 24.0 Å². The number of carbonyl (C=O) groups is 1. The van der Waals surface area contributed by atoms with Gasteiger partial charge in [0.15, 0.2) is 11.2 Å². The molecule has 0 spiro atoms. The van der Waals surface area contributed by atoms with Crippen LogP contribution >= 0.6 is 0 Å². The van der Waals surface area contributed by atoms with Crippen molar-refractivity contribution in [2.45, 2.75) is 45.7 Å². The first-order chi connectivity index (χ1) is 14.2. The third-order valence-electron chi connectivity index (χ3n) is 5.49. The minimum absolute atomic E-state index is 0.0771. The van der Waals surface area contributed by atoms with Crippen LogP contribution in [-0.4, -0.2) is 55.4 Å². The molecule has 2 aromatic rings. The highest BCUT2D eigenvalue weighted by molar-refractivity contribution is 5.74. The van der Waals surface area contributed by atoms with Gasteiger partial charge in [-0.15, -0.1) is 0 Å². The molecule has 0 aliphatic carbocycles. The van der Waals surface area contributed by atoms with E-state index in [4.69, 9.17) is 10.1 Å². The van der Waals surface area contributed by atoms with Crippen molar-refractivity contribution in [1.29, 1.82) is 0 Å². The van der Waals surface area contributed by atoms with E-state index in [1.807, 2.05) is 24.5 Å². The molecule has 10 nitrogen and oxygen atoms in total. The molecule has 1 fully saturated rings. The van der Waals surface area contributed by atoms with Gasteiger partial charge in [-0.2, -0.15) is 4.98 Å². The third-order valence-corrected chi connectivity index (χ3v) is 5.49. The highest BCUT2D eigenvalue weighted by Gasteiger charge is 2.26. The lowest BCUT2D eigenvalue weighted by Gasteiger charge is -2.34. The summed E-state index contributed by atoms with van der Waals surface area (Å²) in [6.45, 7) is 6.33. The van der Waals surface area contributed by atoms with Crippen molar-refractivity contribution < 1.29 is 9.90 Å². The number of piperidine rings is 1. The summed E-state index contributed by atoms with van der Waals surface area (Å²) in [7, 11) is 3.10. The van der Waals surface area contributed by atoms with Gasteiger partial charge < -0.3 is 19.9 Å². The molecule has 3 rings (SSSR count). The van der Waals surface area contributed by atoms with Gasteiger partial charge in [-0.25, -0.2) is 4.79 Å². The zero-order valence-corrected chi connectivity index (χ0v) is 18.0. The Hall–Kier alpha value is -2.88. The van der Waals surface area contributed by atoms with Crippen molar-refractivity contribution in [2.75, 3.05) is 24.5 Å². The number of aryl methyl sites for hydroxylation is 1. The molecule has 0 radical (unpaired) electrons. The molecule has 1 unspecified atom stereocenters. The first kappa shape index (κ1) is 21.8. The predicted molar refractivity (Wildman–Crippen MR) is 115 cm³/mol. The number of carboxylic acids is 1. The van der Waals surface area contributed by atoms with E-state index in [0.29, 0.717) is 36.7 Å². The van der Waals surface area contributed by atoms with Gasteiger partial charge in [-0.05, 0) is 26.7 Å². The average Bonchev–Trinajstić information content (AvgIpc) is 3.09. The number of anilines is 1. The first-order valence-electron chi connectivity index (χ1n) is 10.2. The Kier molecular flexibility index (Phi) is 6.45. The molecule has 0 bridgehead atoms. The number of imidazole rings is 1. The lowest BCUT2D eigenvalue weighted by molar-refractivity contribution is -0.136. The molecule has 1 aliphatic heterocycles. The summed E-state index contributed by atoms with van der Waals surface area (Å²) in [5.74, 6) is -0.166. The summed E-state index contributed by atoms with van der Waals surface area (Å²) in [6, 6.07) is 0.140. The number of hydrogen-bond acceptors (Lipinski definition) is 6. The second-order valence-corrected chi connectivity index (χ2v) is 8.06. The van der Waals surface area contributed by atoms with Gasteiger partial charge in [0.25, 0.3) is 5.56 Å². The van der Waals surface area contributed by atoms with Gasteiger partial charge in [0.1, 0.15) is 0 Å². The van der Waals surface area contributed by atoms with Crippen molar-refractivity contribution in [3.05, 3.63) is 32.5 Å². The Balaban J connectivity index is 2.03. The fourth-order valence-corrected chi connectivity index (χ4v) is 3.83. The molecule has 1 aliphatic rings. The van der Waals surface area contributed by atoms with E-state index in [0.717, 1.165) is 29.5 Å². The molecule has 0 aromatic carbocycles. The molecule has 164 valence electrons. The topological polar surface area (TPSA) is 114 Å². The molecule has 2 aromatic heterocycles. The minimum Gasteiger partial charge on any atom is -0.481 e. The standard InChI is InChI=1S/C20H30N6O4/c1-13(2)8-11-26-16-17(23(3)20(30)24(4)18(16)29)22-19(26)25-10-5-6-14(12-25)21-9-7-15(27)28/h8,14,21H,5-7,9-12H2,1-4H3,(H,27,28). The summed E-state index contributed by atoms with van der Waals surface area (Å²) in [5, 5.41) is 12.2. The number of rotatable bonds is 7. The summed E-state index contributed by atoms with van der Waals surface area (Å²) in [5.41, 5.74) is 1.14. The van der Waals surface area contributed by atoms with E-state index in [1.54, 1.807) is 7.05 Å². The zero-order chi connectivity index (χ0) is 22.0.